The van der Waals surface area contributed by atoms with E-state index in [4.69, 9.17) is 0 Å². The van der Waals surface area contributed by atoms with Crippen molar-refractivity contribution in [1.29, 1.82) is 0 Å². The van der Waals surface area contributed by atoms with Crippen LogP contribution in [0.1, 0.15) is 52.4 Å². The maximum Gasteiger partial charge on any atom is 0.522 e. The first-order valence-electron chi connectivity index (χ1n) is 5.70. The topological polar surface area (TPSA) is 9.23 Å². The van der Waals surface area contributed by atoms with Gasteiger partial charge in [0.2, 0.25) is 0 Å². The highest BCUT2D eigenvalue weighted by Gasteiger charge is 2.30. The fourth-order valence-corrected chi connectivity index (χ4v) is 1.51. The predicted octanol–water partition coefficient (Wildman–Crippen LogP) is 4.52. The second-order valence-electron chi connectivity index (χ2n) is 3.91. The summed E-state index contributed by atoms with van der Waals surface area (Å²) in [5.74, 6) is 0.0616. The van der Waals surface area contributed by atoms with E-state index in [1.807, 2.05) is 13.8 Å². The zero-order valence-electron chi connectivity index (χ0n) is 9.57. The van der Waals surface area contributed by atoms with Crippen molar-refractivity contribution in [3.8, 4) is 0 Å². The van der Waals surface area contributed by atoms with Crippen LogP contribution >= 0.6 is 0 Å². The van der Waals surface area contributed by atoms with Crippen LogP contribution in [0, 0.1) is 5.92 Å². The third-order valence-electron chi connectivity index (χ3n) is 2.41. The SMILES string of the molecule is CCCCC(CCCC)COC(F)(F)F. The van der Waals surface area contributed by atoms with Crippen LogP contribution < -0.4 is 0 Å². The summed E-state index contributed by atoms with van der Waals surface area (Å²) in [6, 6.07) is 0. The van der Waals surface area contributed by atoms with Gasteiger partial charge in [0.05, 0.1) is 6.61 Å². The van der Waals surface area contributed by atoms with Crippen LogP contribution in [0.25, 0.3) is 0 Å². The molecule has 0 aliphatic rings. The molecule has 92 valence electrons. The van der Waals surface area contributed by atoms with Crippen molar-refractivity contribution in [2.45, 2.75) is 58.7 Å². The summed E-state index contributed by atoms with van der Waals surface area (Å²) in [4.78, 5) is 0. The lowest BCUT2D eigenvalue weighted by Crippen LogP contribution is -2.19. The fraction of sp³-hybridized carbons (Fsp3) is 1.00. The molecule has 0 atom stereocenters. The van der Waals surface area contributed by atoms with Crippen LogP contribution in [0.15, 0.2) is 0 Å². The molecule has 0 saturated carbocycles. The first kappa shape index (κ1) is 14.8. The highest BCUT2D eigenvalue weighted by Crippen LogP contribution is 2.22. The lowest BCUT2D eigenvalue weighted by Gasteiger charge is -2.17. The summed E-state index contributed by atoms with van der Waals surface area (Å²) in [5, 5.41) is 0. The molecule has 0 bridgehead atoms. The van der Waals surface area contributed by atoms with E-state index in [0.29, 0.717) is 0 Å². The number of hydrogen-bond acceptors (Lipinski definition) is 1. The minimum atomic E-state index is -4.48. The summed E-state index contributed by atoms with van der Waals surface area (Å²) < 4.78 is 39.4. The van der Waals surface area contributed by atoms with Crippen LogP contribution in [-0.4, -0.2) is 13.0 Å². The third-order valence-corrected chi connectivity index (χ3v) is 2.41. The van der Waals surface area contributed by atoms with E-state index in [1.165, 1.54) is 0 Å². The molecule has 4 heteroatoms. The van der Waals surface area contributed by atoms with E-state index in [-0.39, 0.29) is 12.5 Å². The van der Waals surface area contributed by atoms with E-state index < -0.39 is 6.36 Å². The molecule has 0 aliphatic carbocycles. The minimum Gasteiger partial charge on any atom is -0.292 e. The average Bonchev–Trinajstić information content (AvgIpc) is 2.15. The Morgan fingerprint density at radius 1 is 1.00 bits per heavy atom. The molecule has 15 heavy (non-hydrogen) atoms. The summed E-state index contributed by atoms with van der Waals surface area (Å²) >= 11 is 0. The second kappa shape index (κ2) is 7.97. The van der Waals surface area contributed by atoms with E-state index in [2.05, 4.69) is 4.74 Å². The molecular weight excluding hydrogens is 205 g/mol. The van der Waals surface area contributed by atoms with E-state index >= 15 is 0 Å². The van der Waals surface area contributed by atoms with Crippen LogP contribution in [-0.2, 0) is 4.74 Å². The molecule has 0 radical (unpaired) electrons. The first-order chi connectivity index (χ1) is 6.99. The quantitative estimate of drug-likeness (QED) is 0.591. The van der Waals surface area contributed by atoms with Crippen molar-refractivity contribution >= 4 is 0 Å². The largest absolute Gasteiger partial charge is 0.522 e. The fourth-order valence-electron chi connectivity index (χ4n) is 1.51. The van der Waals surface area contributed by atoms with Crippen molar-refractivity contribution in [2.24, 2.45) is 5.92 Å². The van der Waals surface area contributed by atoms with Gasteiger partial charge in [0, 0.05) is 0 Å². The smallest absolute Gasteiger partial charge is 0.292 e. The third kappa shape index (κ3) is 10.0. The molecular formula is C11H21F3O. The maximum atomic E-state index is 11.8. The van der Waals surface area contributed by atoms with E-state index in [1.54, 1.807) is 0 Å². The van der Waals surface area contributed by atoms with Gasteiger partial charge < -0.3 is 0 Å². The number of hydrogen-bond donors (Lipinski definition) is 0. The standard InChI is InChI=1S/C11H21F3O/c1-3-5-7-10(8-6-4-2)9-15-11(12,13)14/h10H,3-9H2,1-2H3. The molecule has 1 nitrogen and oxygen atoms in total. The zero-order chi connectivity index (χ0) is 11.7. The van der Waals surface area contributed by atoms with Crippen LogP contribution in [0.3, 0.4) is 0 Å². The van der Waals surface area contributed by atoms with Crippen molar-refractivity contribution in [3.05, 3.63) is 0 Å². The van der Waals surface area contributed by atoms with Gasteiger partial charge >= 0.3 is 6.36 Å². The molecule has 0 rings (SSSR count). The van der Waals surface area contributed by atoms with Gasteiger partial charge in [-0.2, -0.15) is 0 Å². The molecule has 0 aromatic carbocycles. The number of alkyl halides is 3. The van der Waals surface area contributed by atoms with Crippen molar-refractivity contribution in [3.63, 3.8) is 0 Å². The van der Waals surface area contributed by atoms with Gasteiger partial charge in [-0.15, -0.1) is 13.2 Å². The van der Waals surface area contributed by atoms with E-state index in [0.717, 1.165) is 38.5 Å². The summed E-state index contributed by atoms with van der Waals surface area (Å²) in [7, 11) is 0. The summed E-state index contributed by atoms with van der Waals surface area (Å²) in [5.41, 5.74) is 0. The number of unbranched alkanes of at least 4 members (excludes halogenated alkanes) is 2. The molecule has 0 unspecified atom stereocenters. The minimum absolute atomic E-state index is 0.0616. The summed E-state index contributed by atoms with van der Waals surface area (Å²) in [6.07, 6.45) is 1.21. The number of rotatable bonds is 8. The monoisotopic (exact) mass is 226 g/mol. The molecule has 0 heterocycles. The van der Waals surface area contributed by atoms with Crippen molar-refractivity contribution < 1.29 is 17.9 Å². The molecule has 0 aromatic rings. The van der Waals surface area contributed by atoms with Gasteiger partial charge in [-0.25, -0.2) is 0 Å². The Labute approximate surface area is 90.0 Å². The Morgan fingerprint density at radius 2 is 1.47 bits per heavy atom. The lowest BCUT2D eigenvalue weighted by atomic mass is 9.97. The molecule has 0 aromatic heterocycles. The van der Waals surface area contributed by atoms with Gasteiger partial charge in [-0.05, 0) is 18.8 Å². The predicted molar refractivity (Wildman–Crippen MR) is 54.5 cm³/mol. The Kier molecular flexibility index (Phi) is 7.83. The Balaban J connectivity index is 3.78. The van der Waals surface area contributed by atoms with Gasteiger partial charge in [-0.1, -0.05) is 39.5 Å². The Morgan fingerprint density at radius 3 is 1.80 bits per heavy atom. The molecule has 0 spiro atoms. The second-order valence-corrected chi connectivity index (χ2v) is 3.91. The maximum absolute atomic E-state index is 11.8. The van der Waals surface area contributed by atoms with Gasteiger partial charge in [0.1, 0.15) is 0 Å². The molecule has 0 N–H and O–H groups in total. The van der Waals surface area contributed by atoms with Crippen LogP contribution in [0.4, 0.5) is 13.2 Å². The van der Waals surface area contributed by atoms with Crippen LogP contribution in [0.2, 0.25) is 0 Å². The van der Waals surface area contributed by atoms with Gasteiger partial charge in [-0.3, -0.25) is 4.74 Å². The Bertz CT molecular complexity index is 137. The number of halogens is 3. The average molecular weight is 226 g/mol. The van der Waals surface area contributed by atoms with Crippen molar-refractivity contribution in [1.82, 2.24) is 0 Å². The highest BCUT2D eigenvalue weighted by molar-refractivity contribution is 4.59. The normalized spacial score (nSPS) is 12.4. The molecule has 0 fully saturated rings. The van der Waals surface area contributed by atoms with Gasteiger partial charge in [0.25, 0.3) is 0 Å². The summed E-state index contributed by atoms with van der Waals surface area (Å²) in [6.45, 7) is 3.91. The zero-order valence-corrected chi connectivity index (χ0v) is 9.57. The Hall–Kier alpha value is -0.250. The van der Waals surface area contributed by atoms with E-state index in [9.17, 15) is 13.2 Å². The first-order valence-corrected chi connectivity index (χ1v) is 5.70. The van der Waals surface area contributed by atoms with Crippen molar-refractivity contribution in [2.75, 3.05) is 6.61 Å². The highest BCUT2D eigenvalue weighted by atomic mass is 19.4. The molecule has 0 saturated heterocycles. The van der Waals surface area contributed by atoms with Crippen LogP contribution in [0.5, 0.6) is 0 Å². The molecule has 0 amide bonds. The lowest BCUT2D eigenvalue weighted by molar-refractivity contribution is -0.328. The number of ether oxygens (including phenoxy) is 1. The van der Waals surface area contributed by atoms with Gasteiger partial charge in [0.15, 0.2) is 0 Å². The molecule has 0 aliphatic heterocycles.